The van der Waals surface area contributed by atoms with Gasteiger partial charge >= 0.3 is 0 Å². The van der Waals surface area contributed by atoms with Gasteiger partial charge in [-0.3, -0.25) is 9.97 Å². The molecule has 0 bridgehead atoms. The van der Waals surface area contributed by atoms with Crippen molar-refractivity contribution in [3.8, 4) is 102 Å². The summed E-state index contributed by atoms with van der Waals surface area (Å²) in [4.78, 5) is 39.8. The van der Waals surface area contributed by atoms with Crippen LogP contribution in [0.15, 0.2) is 207 Å². The summed E-state index contributed by atoms with van der Waals surface area (Å²) in [6.07, 6.45) is 3.59. The van der Waals surface area contributed by atoms with Gasteiger partial charge in [0.05, 0.1) is 34.2 Å². The molecule has 0 amide bonds. The van der Waals surface area contributed by atoms with Gasteiger partial charge in [-0.05, 0) is 53.6 Å². The van der Waals surface area contributed by atoms with Crippen LogP contribution in [0.4, 0.5) is 0 Å². The molecule has 0 aliphatic carbocycles. The van der Waals surface area contributed by atoms with E-state index in [2.05, 4.69) is 53.5 Å². The molecule has 10 aromatic rings. The van der Waals surface area contributed by atoms with Crippen LogP contribution in [0.25, 0.3) is 102 Å². The van der Waals surface area contributed by atoms with Gasteiger partial charge in [0.15, 0.2) is 23.3 Å². The van der Waals surface area contributed by atoms with Crippen molar-refractivity contribution in [3.63, 3.8) is 0 Å². The van der Waals surface area contributed by atoms with Gasteiger partial charge in [-0.2, -0.15) is 0 Å². The zero-order valence-electron chi connectivity index (χ0n) is 32.2. The van der Waals surface area contributed by atoms with E-state index in [1.54, 1.807) is 6.20 Å². The number of benzene rings is 5. The van der Waals surface area contributed by atoms with Gasteiger partial charge in [0, 0.05) is 45.8 Å². The van der Waals surface area contributed by atoms with Crippen molar-refractivity contribution in [2.75, 3.05) is 0 Å². The molecule has 0 saturated carbocycles. The lowest BCUT2D eigenvalue weighted by Gasteiger charge is -2.14. The van der Waals surface area contributed by atoms with E-state index >= 15 is 0 Å². The number of hydrogen-bond acceptors (Lipinski definition) is 8. The Balaban J connectivity index is 1.09. The zero-order chi connectivity index (χ0) is 40.1. The summed E-state index contributed by atoms with van der Waals surface area (Å²) in [6.45, 7) is 0. The molecule has 8 heteroatoms. The Morgan fingerprint density at radius 2 is 0.700 bits per heavy atom. The fourth-order valence-electron chi connectivity index (χ4n) is 7.09. The van der Waals surface area contributed by atoms with Crippen LogP contribution in [-0.2, 0) is 0 Å². The zero-order valence-corrected chi connectivity index (χ0v) is 32.2. The molecule has 0 aliphatic heterocycles. The molecule has 0 spiro atoms. The molecule has 10 rings (SSSR count). The smallest absolute Gasteiger partial charge is 0.164 e. The molecule has 0 saturated heterocycles. The van der Waals surface area contributed by atoms with Crippen molar-refractivity contribution in [2.24, 2.45) is 0 Å². The molecule has 5 aromatic heterocycles. The summed E-state index contributed by atoms with van der Waals surface area (Å²) in [5.41, 5.74) is 11.8. The topological polar surface area (TPSA) is 103 Å². The van der Waals surface area contributed by atoms with E-state index < -0.39 is 0 Å². The third kappa shape index (κ3) is 7.56. The summed E-state index contributed by atoms with van der Waals surface area (Å²) in [5.74, 6) is 2.34. The maximum Gasteiger partial charge on any atom is 0.164 e. The normalized spacial score (nSPS) is 11.0. The second-order valence-corrected chi connectivity index (χ2v) is 14.1. The molecule has 282 valence electrons. The number of rotatable bonds is 9. The molecule has 0 N–H and O–H groups in total. The number of hydrogen-bond donors (Lipinski definition) is 0. The van der Waals surface area contributed by atoms with Crippen molar-refractivity contribution in [3.05, 3.63) is 207 Å². The molecule has 8 nitrogen and oxygen atoms in total. The SMILES string of the molecule is c1ccc(-c2cc(-c3ccccc3)nc(-c3ccc(-c4cc(-c5ccccc5-c5nc(-c6ccccc6)nc(-c6ccccc6)n5)cc(-c5ccccn5)n4)nc3)n2)cc1. The molecule has 0 atom stereocenters. The van der Waals surface area contributed by atoms with E-state index in [1.165, 1.54) is 0 Å². The van der Waals surface area contributed by atoms with Crippen LogP contribution < -0.4 is 0 Å². The highest BCUT2D eigenvalue weighted by Crippen LogP contribution is 2.36. The Kier molecular flexibility index (Phi) is 9.75. The van der Waals surface area contributed by atoms with Crippen molar-refractivity contribution < 1.29 is 0 Å². The highest BCUT2D eigenvalue weighted by molar-refractivity contribution is 5.85. The van der Waals surface area contributed by atoms with Crippen molar-refractivity contribution in [1.82, 2.24) is 39.9 Å². The Bertz CT molecular complexity index is 2940. The number of nitrogens with zero attached hydrogens (tertiary/aromatic N) is 8. The molecule has 60 heavy (non-hydrogen) atoms. The molecule has 0 aliphatic rings. The van der Waals surface area contributed by atoms with Crippen molar-refractivity contribution >= 4 is 0 Å². The number of aromatic nitrogens is 8. The van der Waals surface area contributed by atoms with E-state index in [1.807, 2.05) is 152 Å². The summed E-state index contributed by atoms with van der Waals surface area (Å²) in [7, 11) is 0. The van der Waals surface area contributed by atoms with E-state index in [0.717, 1.165) is 61.6 Å². The first-order valence-corrected chi connectivity index (χ1v) is 19.6. The fourth-order valence-corrected chi connectivity index (χ4v) is 7.09. The minimum Gasteiger partial charge on any atom is -0.255 e. The van der Waals surface area contributed by atoms with Gasteiger partial charge < -0.3 is 0 Å². The van der Waals surface area contributed by atoms with Gasteiger partial charge in [0.2, 0.25) is 0 Å². The summed E-state index contributed by atoms with van der Waals surface area (Å²) in [6, 6.07) is 64.4. The van der Waals surface area contributed by atoms with Crippen LogP contribution in [0, 0.1) is 0 Å². The average molecular weight is 771 g/mol. The Labute approximate surface area is 347 Å². The van der Waals surface area contributed by atoms with Crippen LogP contribution in [0.5, 0.6) is 0 Å². The molecule has 5 aromatic carbocycles. The first-order valence-electron chi connectivity index (χ1n) is 19.6. The van der Waals surface area contributed by atoms with Crippen LogP contribution >= 0.6 is 0 Å². The predicted octanol–water partition coefficient (Wildman–Crippen LogP) is 11.8. The van der Waals surface area contributed by atoms with Gasteiger partial charge in [-0.15, -0.1) is 0 Å². The van der Waals surface area contributed by atoms with Crippen molar-refractivity contribution in [1.29, 1.82) is 0 Å². The minimum absolute atomic E-state index is 0.561. The summed E-state index contributed by atoms with van der Waals surface area (Å²) in [5, 5.41) is 0. The number of pyridine rings is 3. The highest BCUT2D eigenvalue weighted by atomic mass is 15.0. The second-order valence-electron chi connectivity index (χ2n) is 14.1. The van der Waals surface area contributed by atoms with Gasteiger partial charge in [0.1, 0.15) is 0 Å². The monoisotopic (exact) mass is 770 g/mol. The summed E-state index contributed by atoms with van der Waals surface area (Å²) >= 11 is 0. The van der Waals surface area contributed by atoms with Crippen LogP contribution in [0.1, 0.15) is 0 Å². The van der Waals surface area contributed by atoms with Gasteiger partial charge in [-0.25, -0.2) is 29.9 Å². The van der Waals surface area contributed by atoms with Crippen LogP contribution in [-0.4, -0.2) is 39.9 Å². The van der Waals surface area contributed by atoms with E-state index in [4.69, 9.17) is 34.9 Å². The Hall–Kier alpha value is -8.36. The maximum absolute atomic E-state index is 5.12. The maximum atomic E-state index is 5.12. The minimum atomic E-state index is 0.561. The average Bonchev–Trinajstić information content (AvgIpc) is 3.35. The molecule has 0 unspecified atom stereocenters. The molecule has 0 fully saturated rings. The predicted molar refractivity (Wildman–Crippen MR) is 238 cm³/mol. The Morgan fingerprint density at radius 1 is 0.233 bits per heavy atom. The van der Waals surface area contributed by atoms with Crippen molar-refractivity contribution in [2.45, 2.75) is 0 Å². The molecule has 0 radical (unpaired) electrons. The molecular weight excluding hydrogens is 737 g/mol. The first-order chi connectivity index (χ1) is 29.7. The lowest BCUT2D eigenvalue weighted by molar-refractivity contribution is 1.07. The van der Waals surface area contributed by atoms with Gasteiger partial charge in [0.25, 0.3) is 0 Å². The lowest BCUT2D eigenvalue weighted by Crippen LogP contribution is -2.01. The first kappa shape index (κ1) is 36.0. The Morgan fingerprint density at radius 3 is 1.22 bits per heavy atom. The summed E-state index contributed by atoms with van der Waals surface area (Å²) < 4.78 is 0. The largest absolute Gasteiger partial charge is 0.255 e. The molecule has 5 heterocycles. The van der Waals surface area contributed by atoms with Crippen LogP contribution in [0.2, 0.25) is 0 Å². The fraction of sp³-hybridized carbons (Fsp3) is 0. The van der Waals surface area contributed by atoms with Crippen LogP contribution in [0.3, 0.4) is 0 Å². The highest BCUT2D eigenvalue weighted by Gasteiger charge is 2.18. The standard InChI is InChI=1S/C52H34N8/c1-5-17-35(18-6-1)45-33-46(36-19-7-2-8-20-36)57-51(56-45)39-28-29-44(54-34-39)48-32-40(31-47(55-48)43-27-15-16-30-53-43)41-25-13-14-26-42(41)52-59-49(37-21-9-3-10-22-37)58-50(60-52)38-23-11-4-12-24-38/h1-34H. The van der Waals surface area contributed by atoms with E-state index in [-0.39, 0.29) is 0 Å². The lowest BCUT2D eigenvalue weighted by atomic mass is 9.97. The second kappa shape index (κ2) is 16.2. The third-order valence-electron chi connectivity index (χ3n) is 10.1. The molecular formula is C52H34N8. The van der Waals surface area contributed by atoms with E-state index in [0.29, 0.717) is 40.4 Å². The van der Waals surface area contributed by atoms with Gasteiger partial charge in [-0.1, -0.05) is 152 Å². The van der Waals surface area contributed by atoms with E-state index in [9.17, 15) is 0 Å². The quantitative estimate of drug-likeness (QED) is 0.143. The third-order valence-corrected chi connectivity index (χ3v) is 10.1.